The van der Waals surface area contributed by atoms with Crippen LogP contribution in [0.3, 0.4) is 0 Å². The van der Waals surface area contributed by atoms with E-state index in [0.29, 0.717) is 13.0 Å². The number of aryl methyl sites for hydroxylation is 1. The summed E-state index contributed by atoms with van der Waals surface area (Å²) < 4.78 is 25.2. The fourth-order valence-electron chi connectivity index (χ4n) is 1.43. The smallest absolute Gasteiger partial charge is 0.215 e. The van der Waals surface area contributed by atoms with Crippen molar-refractivity contribution in [3.8, 4) is 12.3 Å². The molecule has 0 aliphatic rings. The molecule has 4 nitrogen and oxygen atoms in total. The van der Waals surface area contributed by atoms with E-state index in [0.717, 1.165) is 5.56 Å². The summed E-state index contributed by atoms with van der Waals surface area (Å²) in [6, 6.07) is 3.62. The maximum absolute atomic E-state index is 11.9. The first-order chi connectivity index (χ1) is 8.10. The predicted molar refractivity (Wildman–Crippen MR) is 67.8 cm³/mol. The minimum absolute atomic E-state index is 0.0759. The molecule has 0 bridgehead atoms. The normalized spacial score (nSPS) is 11.4. The van der Waals surface area contributed by atoms with E-state index in [1.165, 1.54) is 4.31 Å². The molecule has 17 heavy (non-hydrogen) atoms. The van der Waals surface area contributed by atoms with Gasteiger partial charge >= 0.3 is 0 Å². The van der Waals surface area contributed by atoms with Crippen LogP contribution in [0.1, 0.15) is 12.5 Å². The van der Waals surface area contributed by atoms with Gasteiger partial charge in [-0.1, -0.05) is 12.8 Å². The van der Waals surface area contributed by atoms with Crippen molar-refractivity contribution in [3.63, 3.8) is 0 Å². The Morgan fingerprint density at radius 1 is 1.41 bits per heavy atom. The van der Waals surface area contributed by atoms with E-state index in [4.69, 9.17) is 6.42 Å². The van der Waals surface area contributed by atoms with Crippen molar-refractivity contribution in [3.05, 3.63) is 30.1 Å². The first kappa shape index (κ1) is 13.7. The lowest BCUT2D eigenvalue weighted by molar-refractivity contribution is 0.464. The molecule has 92 valence electrons. The molecular formula is C12H16N2O2S. The topological polar surface area (TPSA) is 50.3 Å². The number of sulfonamides is 1. The lowest BCUT2D eigenvalue weighted by Gasteiger charge is -2.17. The van der Waals surface area contributed by atoms with E-state index >= 15 is 0 Å². The van der Waals surface area contributed by atoms with Crippen LogP contribution >= 0.6 is 0 Å². The van der Waals surface area contributed by atoms with Gasteiger partial charge in [0.2, 0.25) is 10.0 Å². The van der Waals surface area contributed by atoms with Gasteiger partial charge in [0.05, 0.1) is 12.3 Å². The molecule has 0 radical (unpaired) electrons. The van der Waals surface area contributed by atoms with Gasteiger partial charge in [-0.3, -0.25) is 4.98 Å². The van der Waals surface area contributed by atoms with Gasteiger partial charge in [-0.2, -0.15) is 4.31 Å². The molecule has 1 aromatic heterocycles. The van der Waals surface area contributed by atoms with E-state index < -0.39 is 10.0 Å². The monoisotopic (exact) mass is 252 g/mol. The Morgan fingerprint density at radius 3 is 2.59 bits per heavy atom. The molecule has 0 spiro atoms. The number of pyridine rings is 1. The third-order valence-corrected chi connectivity index (χ3v) is 4.31. The van der Waals surface area contributed by atoms with Gasteiger partial charge in [-0.15, -0.1) is 6.42 Å². The molecular weight excluding hydrogens is 236 g/mol. The number of hydrogen-bond donors (Lipinski definition) is 0. The predicted octanol–water partition coefficient (Wildman–Crippen LogP) is 0.909. The fourth-order valence-corrected chi connectivity index (χ4v) is 2.85. The summed E-state index contributed by atoms with van der Waals surface area (Å²) >= 11 is 0. The van der Waals surface area contributed by atoms with Gasteiger partial charge in [-0.25, -0.2) is 8.42 Å². The van der Waals surface area contributed by atoms with Crippen LogP contribution in [0.4, 0.5) is 0 Å². The maximum Gasteiger partial charge on any atom is 0.215 e. The SMILES string of the molecule is C#CCN(CC)S(=O)(=O)CCc1ccncc1. The molecule has 0 aliphatic heterocycles. The second kappa shape index (κ2) is 6.38. The standard InChI is InChI=1S/C12H16N2O2S/c1-3-10-14(4-2)17(15,16)11-7-12-5-8-13-9-6-12/h1,5-6,8-9H,4,7,10-11H2,2H3. The molecule has 5 heteroatoms. The molecule has 1 heterocycles. The highest BCUT2D eigenvalue weighted by Crippen LogP contribution is 2.05. The molecule has 1 aromatic rings. The van der Waals surface area contributed by atoms with Crippen LogP contribution in [0.15, 0.2) is 24.5 Å². The van der Waals surface area contributed by atoms with Crippen molar-refractivity contribution in [1.29, 1.82) is 0 Å². The molecule has 0 N–H and O–H groups in total. The number of nitrogens with zero attached hydrogens (tertiary/aromatic N) is 2. The molecule has 0 aliphatic carbocycles. The Kier molecular flexibility index (Phi) is 5.13. The number of aromatic nitrogens is 1. The molecule has 0 unspecified atom stereocenters. The Morgan fingerprint density at radius 2 is 2.06 bits per heavy atom. The van der Waals surface area contributed by atoms with Gasteiger partial charge in [0.1, 0.15) is 0 Å². The van der Waals surface area contributed by atoms with Crippen molar-refractivity contribution in [2.45, 2.75) is 13.3 Å². The van der Waals surface area contributed by atoms with Gasteiger partial charge in [-0.05, 0) is 24.1 Å². The van der Waals surface area contributed by atoms with Crippen LogP contribution < -0.4 is 0 Å². The zero-order valence-electron chi connectivity index (χ0n) is 9.83. The lowest BCUT2D eigenvalue weighted by Crippen LogP contribution is -2.33. The summed E-state index contributed by atoms with van der Waals surface area (Å²) in [6.07, 6.45) is 8.93. The van der Waals surface area contributed by atoms with Crippen molar-refractivity contribution in [2.24, 2.45) is 0 Å². The summed E-state index contributed by atoms with van der Waals surface area (Å²) in [5, 5.41) is 0. The molecule has 0 saturated carbocycles. The van der Waals surface area contributed by atoms with E-state index in [-0.39, 0.29) is 12.3 Å². The zero-order valence-corrected chi connectivity index (χ0v) is 10.7. The number of terminal acetylenes is 1. The quantitative estimate of drug-likeness (QED) is 0.707. The van der Waals surface area contributed by atoms with Crippen LogP contribution in [0.25, 0.3) is 0 Å². The summed E-state index contributed by atoms with van der Waals surface area (Å²) in [5.41, 5.74) is 0.959. The van der Waals surface area contributed by atoms with Crippen molar-refractivity contribution in [2.75, 3.05) is 18.8 Å². The first-order valence-corrected chi connectivity index (χ1v) is 7.01. The van der Waals surface area contributed by atoms with Gasteiger partial charge < -0.3 is 0 Å². The largest absolute Gasteiger partial charge is 0.265 e. The van der Waals surface area contributed by atoms with Gasteiger partial charge in [0.25, 0.3) is 0 Å². The molecule has 0 amide bonds. The summed E-state index contributed by atoms with van der Waals surface area (Å²) in [5.74, 6) is 2.44. The molecule has 0 atom stereocenters. The minimum Gasteiger partial charge on any atom is -0.265 e. The highest BCUT2D eigenvalue weighted by Gasteiger charge is 2.18. The second-order valence-electron chi connectivity index (χ2n) is 3.55. The van der Waals surface area contributed by atoms with Gasteiger partial charge in [0, 0.05) is 18.9 Å². The number of rotatable bonds is 6. The van der Waals surface area contributed by atoms with Crippen LogP contribution in [0.2, 0.25) is 0 Å². The molecule has 1 rings (SSSR count). The minimum atomic E-state index is -3.26. The third-order valence-electron chi connectivity index (χ3n) is 2.41. The maximum atomic E-state index is 11.9. The van der Waals surface area contributed by atoms with Crippen LogP contribution in [-0.2, 0) is 16.4 Å². The van der Waals surface area contributed by atoms with Crippen molar-refractivity contribution in [1.82, 2.24) is 9.29 Å². The third kappa shape index (κ3) is 4.17. The van der Waals surface area contributed by atoms with E-state index in [1.807, 2.05) is 12.1 Å². The zero-order chi connectivity index (χ0) is 12.7. The molecule has 0 aromatic carbocycles. The summed E-state index contributed by atoms with van der Waals surface area (Å²) in [7, 11) is -3.26. The van der Waals surface area contributed by atoms with Gasteiger partial charge in [0.15, 0.2) is 0 Å². The second-order valence-corrected chi connectivity index (χ2v) is 5.64. The Balaban J connectivity index is 2.64. The Bertz CT molecular complexity index is 477. The van der Waals surface area contributed by atoms with E-state index in [1.54, 1.807) is 19.3 Å². The van der Waals surface area contributed by atoms with Crippen LogP contribution in [0.5, 0.6) is 0 Å². The summed E-state index contributed by atoms with van der Waals surface area (Å²) in [4.78, 5) is 3.88. The molecule has 0 saturated heterocycles. The fraction of sp³-hybridized carbons (Fsp3) is 0.417. The Labute approximate surface area is 103 Å². The van der Waals surface area contributed by atoms with Crippen LogP contribution in [0, 0.1) is 12.3 Å². The first-order valence-electron chi connectivity index (χ1n) is 5.40. The average molecular weight is 252 g/mol. The molecule has 0 fully saturated rings. The average Bonchev–Trinajstić information content (AvgIpc) is 2.34. The lowest BCUT2D eigenvalue weighted by atomic mass is 10.2. The van der Waals surface area contributed by atoms with Crippen molar-refractivity contribution >= 4 is 10.0 Å². The van der Waals surface area contributed by atoms with E-state index in [2.05, 4.69) is 10.9 Å². The highest BCUT2D eigenvalue weighted by molar-refractivity contribution is 7.89. The highest BCUT2D eigenvalue weighted by atomic mass is 32.2. The van der Waals surface area contributed by atoms with Crippen molar-refractivity contribution < 1.29 is 8.42 Å². The summed E-state index contributed by atoms with van der Waals surface area (Å²) in [6.45, 7) is 2.32. The number of hydrogen-bond acceptors (Lipinski definition) is 3. The Hall–Kier alpha value is -1.38. The van der Waals surface area contributed by atoms with Crippen LogP contribution in [-0.4, -0.2) is 36.5 Å². The van der Waals surface area contributed by atoms with E-state index in [9.17, 15) is 8.42 Å².